The van der Waals surface area contributed by atoms with E-state index in [1.165, 1.54) is 4.68 Å². The van der Waals surface area contributed by atoms with Crippen molar-refractivity contribution in [3.8, 4) is 5.69 Å². The van der Waals surface area contributed by atoms with E-state index in [0.29, 0.717) is 30.0 Å². The van der Waals surface area contributed by atoms with Crippen molar-refractivity contribution >= 4 is 29.4 Å². The molecule has 2 N–H and O–H groups in total. The molecular formula is C28H28N6O3. The SMILES string of the molecule is Cc1ccccc1C(=O)Nc1nc(NC(=O)c2ccccc2C)n(-c2ccc(N3CCOCC3)cc2)n1. The predicted octanol–water partition coefficient (Wildman–Crippen LogP) is 4.23. The summed E-state index contributed by atoms with van der Waals surface area (Å²) in [7, 11) is 0. The van der Waals surface area contributed by atoms with Gasteiger partial charge in [-0.15, -0.1) is 5.10 Å². The molecule has 0 radical (unpaired) electrons. The van der Waals surface area contributed by atoms with Gasteiger partial charge in [-0.1, -0.05) is 36.4 Å². The van der Waals surface area contributed by atoms with Crippen LogP contribution in [0.4, 0.5) is 17.6 Å². The van der Waals surface area contributed by atoms with Crippen molar-refractivity contribution in [1.82, 2.24) is 14.8 Å². The van der Waals surface area contributed by atoms with Gasteiger partial charge in [0.15, 0.2) is 0 Å². The van der Waals surface area contributed by atoms with Gasteiger partial charge in [0.1, 0.15) is 0 Å². The van der Waals surface area contributed by atoms with Gasteiger partial charge >= 0.3 is 0 Å². The number of anilines is 3. The van der Waals surface area contributed by atoms with E-state index >= 15 is 0 Å². The first-order valence-corrected chi connectivity index (χ1v) is 12.1. The van der Waals surface area contributed by atoms with Gasteiger partial charge in [-0.2, -0.15) is 9.67 Å². The summed E-state index contributed by atoms with van der Waals surface area (Å²) in [6.45, 7) is 6.79. The van der Waals surface area contributed by atoms with Crippen LogP contribution in [-0.4, -0.2) is 52.9 Å². The van der Waals surface area contributed by atoms with Crippen molar-refractivity contribution in [2.75, 3.05) is 41.8 Å². The van der Waals surface area contributed by atoms with E-state index in [0.717, 1.165) is 29.9 Å². The van der Waals surface area contributed by atoms with Gasteiger partial charge in [0.05, 0.1) is 18.9 Å². The molecule has 0 spiro atoms. The first-order valence-electron chi connectivity index (χ1n) is 12.1. The van der Waals surface area contributed by atoms with Crippen LogP contribution in [0.25, 0.3) is 5.69 Å². The number of hydrogen-bond acceptors (Lipinski definition) is 6. The number of hydrogen-bond donors (Lipinski definition) is 2. The quantitative estimate of drug-likeness (QED) is 0.414. The summed E-state index contributed by atoms with van der Waals surface area (Å²) >= 11 is 0. The van der Waals surface area contributed by atoms with Crippen LogP contribution in [0, 0.1) is 13.8 Å². The summed E-state index contributed by atoms with van der Waals surface area (Å²) in [5, 5.41) is 10.1. The Kier molecular flexibility index (Phi) is 6.96. The zero-order chi connectivity index (χ0) is 25.8. The highest BCUT2D eigenvalue weighted by Crippen LogP contribution is 2.23. The van der Waals surface area contributed by atoms with Gasteiger partial charge in [0, 0.05) is 29.9 Å². The van der Waals surface area contributed by atoms with E-state index in [4.69, 9.17) is 4.74 Å². The number of carbonyl (C=O) groups is 2. The normalized spacial score (nSPS) is 13.3. The summed E-state index contributed by atoms with van der Waals surface area (Å²) in [4.78, 5) is 32.7. The molecule has 9 nitrogen and oxygen atoms in total. The van der Waals surface area contributed by atoms with E-state index in [1.807, 2.05) is 68.4 Å². The summed E-state index contributed by atoms with van der Waals surface area (Å²) in [6.07, 6.45) is 0. The Hall–Kier alpha value is -4.50. The zero-order valence-corrected chi connectivity index (χ0v) is 20.8. The summed E-state index contributed by atoms with van der Waals surface area (Å²) in [5.41, 5.74) is 4.51. The summed E-state index contributed by atoms with van der Waals surface area (Å²) in [6, 6.07) is 22.4. The number of amides is 2. The number of carbonyl (C=O) groups excluding carboxylic acids is 2. The van der Waals surface area contributed by atoms with Crippen LogP contribution in [0.5, 0.6) is 0 Å². The molecule has 2 amide bonds. The van der Waals surface area contributed by atoms with Gasteiger partial charge < -0.3 is 9.64 Å². The molecule has 37 heavy (non-hydrogen) atoms. The van der Waals surface area contributed by atoms with Crippen molar-refractivity contribution in [3.05, 3.63) is 95.1 Å². The largest absolute Gasteiger partial charge is 0.378 e. The topological polar surface area (TPSA) is 101 Å². The highest BCUT2D eigenvalue weighted by molar-refractivity contribution is 6.06. The van der Waals surface area contributed by atoms with Crippen LogP contribution in [-0.2, 0) is 4.74 Å². The van der Waals surface area contributed by atoms with Crippen LogP contribution in [0.2, 0.25) is 0 Å². The summed E-state index contributed by atoms with van der Waals surface area (Å²) < 4.78 is 6.97. The maximum absolute atomic E-state index is 13.1. The summed E-state index contributed by atoms with van der Waals surface area (Å²) in [5.74, 6) is -0.346. The van der Waals surface area contributed by atoms with E-state index in [1.54, 1.807) is 18.2 Å². The number of aromatic nitrogens is 3. The minimum atomic E-state index is -0.324. The number of nitrogens with one attached hydrogen (secondary N) is 2. The van der Waals surface area contributed by atoms with Gasteiger partial charge in [0.2, 0.25) is 5.95 Å². The second-order valence-electron chi connectivity index (χ2n) is 8.82. The Morgan fingerprint density at radius 2 is 1.30 bits per heavy atom. The standard InChI is InChI=1S/C28H28N6O3/c1-19-7-3-5-9-23(19)25(35)29-27-31-28(30-26(36)24-10-6-4-8-20(24)2)34(32-27)22-13-11-21(12-14-22)33-15-17-37-18-16-33/h3-14H,15-18H2,1-2H3,(H2,29,30,31,32,35,36). The molecule has 1 aromatic heterocycles. The van der Waals surface area contributed by atoms with Crippen LogP contribution in [0.1, 0.15) is 31.8 Å². The predicted molar refractivity (Wildman–Crippen MR) is 143 cm³/mol. The van der Waals surface area contributed by atoms with Crippen molar-refractivity contribution in [3.63, 3.8) is 0 Å². The van der Waals surface area contributed by atoms with Gasteiger partial charge in [-0.05, 0) is 61.4 Å². The highest BCUT2D eigenvalue weighted by atomic mass is 16.5. The van der Waals surface area contributed by atoms with Crippen molar-refractivity contribution in [1.29, 1.82) is 0 Å². The molecule has 0 atom stereocenters. The fraction of sp³-hybridized carbons (Fsp3) is 0.214. The molecule has 4 aromatic rings. The molecule has 0 unspecified atom stereocenters. The minimum Gasteiger partial charge on any atom is -0.378 e. The first kappa shape index (κ1) is 24.2. The second kappa shape index (κ2) is 10.6. The van der Waals surface area contributed by atoms with Crippen molar-refractivity contribution in [2.24, 2.45) is 0 Å². The molecule has 0 aliphatic carbocycles. The number of morpholine rings is 1. The molecule has 1 aliphatic rings. The third-order valence-corrected chi connectivity index (χ3v) is 6.31. The lowest BCUT2D eigenvalue weighted by atomic mass is 10.1. The van der Waals surface area contributed by atoms with Crippen LogP contribution in [0.15, 0.2) is 72.8 Å². The highest BCUT2D eigenvalue weighted by Gasteiger charge is 2.19. The molecule has 3 aromatic carbocycles. The third kappa shape index (κ3) is 5.36. The average molecular weight is 497 g/mol. The number of benzene rings is 3. The average Bonchev–Trinajstić information content (AvgIpc) is 3.31. The number of nitrogens with zero attached hydrogens (tertiary/aromatic N) is 4. The Labute approximate surface area is 215 Å². The van der Waals surface area contributed by atoms with Crippen LogP contribution in [0.3, 0.4) is 0 Å². The Bertz CT molecular complexity index is 1420. The van der Waals surface area contributed by atoms with Crippen molar-refractivity contribution < 1.29 is 14.3 Å². The van der Waals surface area contributed by atoms with Crippen LogP contribution < -0.4 is 15.5 Å². The molecule has 2 heterocycles. The fourth-order valence-electron chi connectivity index (χ4n) is 4.25. The minimum absolute atomic E-state index is 0.0885. The lowest BCUT2D eigenvalue weighted by Crippen LogP contribution is -2.36. The lowest BCUT2D eigenvalue weighted by molar-refractivity contribution is 0.101. The fourth-order valence-corrected chi connectivity index (χ4v) is 4.25. The lowest BCUT2D eigenvalue weighted by Gasteiger charge is -2.28. The molecule has 5 rings (SSSR count). The monoisotopic (exact) mass is 496 g/mol. The smallest absolute Gasteiger partial charge is 0.258 e. The molecule has 9 heteroatoms. The van der Waals surface area contributed by atoms with E-state index in [-0.39, 0.29) is 23.7 Å². The zero-order valence-electron chi connectivity index (χ0n) is 20.8. The number of ether oxygens (including phenoxy) is 1. The second-order valence-corrected chi connectivity index (χ2v) is 8.82. The number of rotatable bonds is 6. The molecule has 0 saturated carbocycles. The molecular weight excluding hydrogens is 468 g/mol. The van der Waals surface area contributed by atoms with E-state index in [2.05, 4.69) is 25.6 Å². The molecule has 1 fully saturated rings. The molecule has 1 saturated heterocycles. The molecule has 0 bridgehead atoms. The van der Waals surface area contributed by atoms with Gasteiger partial charge in [-0.25, -0.2) is 0 Å². The Balaban J connectivity index is 1.45. The maximum Gasteiger partial charge on any atom is 0.258 e. The molecule has 188 valence electrons. The molecule has 1 aliphatic heterocycles. The first-order chi connectivity index (χ1) is 18.0. The van der Waals surface area contributed by atoms with E-state index in [9.17, 15) is 9.59 Å². The third-order valence-electron chi connectivity index (χ3n) is 6.31. The Morgan fingerprint density at radius 1 is 0.757 bits per heavy atom. The van der Waals surface area contributed by atoms with Gasteiger partial charge in [0.25, 0.3) is 17.8 Å². The maximum atomic E-state index is 13.1. The number of aryl methyl sites for hydroxylation is 2. The Morgan fingerprint density at radius 3 is 1.89 bits per heavy atom. The van der Waals surface area contributed by atoms with E-state index < -0.39 is 0 Å². The van der Waals surface area contributed by atoms with Crippen LogP contribution >= 0.6 is 0 Å². The van der Waals surface area contributed by atoms with Gasteiger partial charge in [-0.3, -0.25) is 20.2 Å². The van der Waals surface area contributed by atoms with Crippen molar-refractivity contribution in [2.45, 2.75) is 13.8 Å².